The molecule has 0 radical (unpaired) electrons. The molecule has 3 N–H and O–H groups in total. The molecule has 128 valence electrons. The lowest BCUT2D eigenvalue weighted by Gasteiger charge is -2.31. The fourth-order valence-electron chi connectivity index (χ4n) is 2.40. The number of hydrogen-bond acceptors (Lipinski definition) is 7. The highest BCUT2D eigenvalue weighted by atomic mass is 16.8. The zero-order valence-corrected chi connectivity index (χ0v) is 14.0. The molecule has 1 aliphatic rings. The van der Waals surface area contributed by atoms with E-state index in [0.717, 1.165) is 25.1 Å². The van der Waals surface area contributed by atoms with Gasteiger partial charge in [-0.1, -0.05) is 0 Å². The molecular weight excluding hydrogens is 296 g/mol. The predicted octanol–water partition coefficient (Wildman–Crippen LogP) is 2.65. The Morgan fingerprint density at radius 2 is 2.13 bits per heavy atom. The second kappa shape index (κ2) is 7.50. The van der Waals surface area contributed by atoms with Crippen LogP contribution in [-0.4, -0.2) is 41.4 Å². The second-order valence-corrected chi connectivity index (χ2v) is 6.77. The molecule has 0 spiro atoms. The molecule has 0 aliphatic carbocycles. The Balaban J connectivity index is 1.70. The van der Waals surface area contributed by atoms with Crippen LogP contribution < -0.4 is 11.1 Å². The van der Waals surface area contributed by atoms with Gasteiger partial charge in [-0.05, 0) is 45.6 Å². The van der Waals surface area contributed by atoms with Crippen LogP contribution in [0.4, 0.5) is 16.2 Å². The van der Waals surface area contributed by atoms with Gasteiger partial charge in [0.05, 0.1) is 17.6 Å². The van der Waals surface area contributed by atoms with Crippen LogP contribution in [0.25, 0.3) is 0 Å². The van der Waals surface area contributed by atoms with Crippen LogP contribution in [0, 0.1) is 5.92 Å². The largest absolute Gasteiger partial charge is 0.528 e. The van der Waals surface area contributed by atoms with Crippen molar-refractivity contribution in [1.82, 2.24) is 10.0 Å². The van der Waals surface area contributed by atoms with E-state index in [2.05, 4.69) is 10.3 Å². The first-order valence-corrected chi connectivity index (χ1v) is 7.93. The van der Waals surface area contributed by atoms with E-state index in [1.165, 1.54) is 0 Å². The van der Waals surface area contributed by atoms with Crippen molar-refractivity contribution in [2.75, 3.05) is 30.7 Å². The fraction of sp³-hybridized carbons (Fsp3) is 0.625. The van der Waals surface area contributed by atoms with Crippen LogP contribution in [0.15, 0.2) is 18.5 Å². The summed E-state index contributed by atoms with van der Waals surface area (Å²) in [6, 6.07) is 1.87. The molecule has 1 saturated heterocycles. The average molecular weight is 322 g/mol. The van der Waals surface area contributed by atoms with Gasteiger partial charge in [-0.3, -0.25) is 4.98 Å². The van der Waals surface area contributed by atoms with Crippen molar-refractivity contribution in [3.63, 3.8) is 0 Å². The van der Waals surface area contributed by atoms with Gasteiger partial charge in [-0.25, -0.2) is 4.79 Å². The van der Waals surface area contributed by atoms with Crippen molar-refractivity contribution in [1.29, 1.82) is 0 Å². The van der Waals surface area contributed by atoms with Crippen LogP contribution in [0.3, 0.4) is 0 Å². The van der Waals surface area contributed by atoms with E-state index in [0.29, 0.717) is 24.7 Å². The van der Waals surface area contributed by atoms with Crippen LogP contribution in [-0.2, 0) is 9.57 Å². The molecule has 2 heterocycles. The number of ether oxygens (including phenoxy) is 1. The molecule has 1 aromatic rings. The number of rotatable bonds is 4. The number of pyridine rings is 1. The minimum absolute atomic E-state index is 0.515. The third-order valence-electron chi connectivity index (χ3n) is 3.60. The molecule has 0 atom stereocenters. The summed E-state index contributed by atoms with van der Waals surface area (Å²) in [5.41, 5.74) is 6.88. The number of hydroxylamine groups is 2. The van der Waals surface area contributed by atoms with Gasteiger partial charge in [0.1, 0.15) is 5.60 Å². The summed E-state index contributed by atoms with van der Waals surface area (Å²) >= 11 is 0. The summed E-state index contributed by atoms with van der Waals surface area (Å²) in [5, 5.41) is 5.03. The Hall–Kier alpha value is -2.02. The molecule has 0 unspecified atom stereocenters. The Morgan fingerprint density at radius 1 is 1.43 bits per heavy atom. The predicted molar refractivity (Wildman–Crippen MR) is 88.8 cm³/mol. The molecular formula is C16H26N4O3. The van der Waals surface area contributed by atoms with E-state index in [1.807, 2.05) is 26.8 Å². The maximum Gasteiger partial charge on any atom is 0.528 e. The minimum Gasteiger partial charge on any atom is -0.427 e. The smallest absolute Gasteiger partial charge is 0.427 e. The summed E-state index contributed by atoms with van der Waals surface area (Å²) in [6.07, 6.45) is 4.61. The Kier molecular flexibility index (Phi) is 5.65. The molecule has 0 aromatic carbocycles. The molecule has 1 aromatic heterocycles. The topological polar surface area (TPSA) is 89.7 Å². The molecule has 0 saturated carbocycles. The first kappa shape index (κ1) is 17.3. The van der Waals surface area contributed by atoms with E-state index >= 15 is 0 Å². The van der Waals surface area contributed by atoms with Crippen molar-refractivity contribution < 1.29 is 14.4 Å². The summed E-state index contributed by atoms with van der Waals surface area (Å²) in [7, 11) is 0. The zero-order chi connectivity index (χ0) is 16.9. The maximum atomic E-state index is 11.6. The molecule has 1 aliphatic heterocycles. The number of nitrogens with one attached hydrogen (secondary N) is 1. The molecule has 2 rings (SSSR count). The molecule has 0 bridgehead atoms. The van der Waals surface area contributed by atoms with Crippen molar-refractivity contribution in [3.05, 3.63) is 18.5 Å². The molecule has 1 fully saturated rings. The first-order valence-electron chi connectivity index (χ1n) is 7.93. The SMILES string of the molecule is CC(C)(C)OC(=O)ON1CCC(CNc2ccncc2N)CC1. The number of carbonyl (C=O) groups excluding carboxylic acids is 1. The number of nitrogens with zero attached hydrogens (tertiary/aromatic N) is 2. The summed E-state index contributed by atoms with van der Waals surface area (Å²) in [4.78, 5) is 20.8. The van der Waals surface area contributed by atoms with Gasteiger partial charge in [-0.15, -0.1) is 5.06 Å². The summed E-state index contributed by atoms with van der Waals surface area (Å²) < 4.78 is 5.15. The van der Waals surface area contributed by atoms with Crippen LogP contribution in [0.1, 0.15) is 33.6 Å². The number of nitrogens with two attached hydrogens (primary N) is 1. The van der Waals surface area contributed by atoms with E-state index in [9.17, 15) is 4.79 Å². The lowest BCUT2D eigenvalue weighted by atomic mass is 9.98. The monoisotopic (exact) mass is 322 g/mol. The van der Waals surface area contributed by atoms with E-state index in [1.54, 1.807) is 17.5 Å². The Labute approximate surface area is 137 Å². The van der Waals surface area contributed by atoms with Gasteiger partial charge in [0.15, 0.2) is 0 Å². The Bertz CT molecular complexity index is 522. The zero-order valence-electron chi connectivity index (χ0n) is 14.0. The van der Waals surface area contributed by atoms with Gasteiger partial charge in [-0.2, -0.15) is 0 Å². The number of anilines is 2. The van der Waals surface area contributed by atoms with E-state index in [4.69, 9.17) is 15.3 Å². The van der Waals surface area contributed by atoms with E-state index < -0.39 is 11.8 Å². The minimum atomic E-state index is -0.640. The van der Waals surface area contributed by atoms with Gasteiger partial charge in [0, 0.05) is 25.8 Å². The third-order valence-corrected chi connectivity index (χ3v) is 3.60. The quantitative estimate of drug-likeness (QED) is 0.824. The number of carbonyl (C=O) groups is 1. The average Bonchev–Trinajstić information content (AvgIpc) is 2.46. The van der Waals surface area contributed by atoms with Gasteiger partial charge >= 0.3 is 6.16 Å². The van der Waals surface area contributed by atoms with Crippen molar-refractivity contribution >= 4 is 17.5 Å². The van der Waals surface area contributed by atoms with Crippen LogP contribution >= 0.6 is 0 Å². The highest BCUT2D eigenvalue weighted by Gasteiger charge is 2.25. The highest BCUT2D eigenvalue weighted by Crippen LogP contribution is 2.21. The highest BCUT2D eigenvalue weighted by molar-refractivity contribution is 5.64. The number of nitrogen functional groups attached to an aromatic ring is 1. The van der Waals surface area contributed by atoms with Crippen molar-refractivity contribution in [2.24, 2.45) is 5.92 Å². The number of hydrogen-bond donors (Lipinski definition) is 2. The fourth-order valence-corrected chi connectivity index (χ4v) is 2.40. The molecule has 7 nitrogen and oxygen atoms in total. The van der Waals surface area contributed by atoms with Crippen LogP contribution in [0.2, 0.25) is 0 Å². The van der Waals surface area contributed by atoms with Gasteiger partial charge < -0.3 is 20.6 Å². The first-order chi connectivity index (χ1) is 10.8. The molecule has 7 heteroatoms. The second-order valence-electron chi connectivity index (χ2n) is 6.77. The van der Waals surface area contributed by atoms with Crippen LogP contribution in [0.5, 0.6) is 0 Å². The third kappa shape index (κ3) is 5.94. The van der Waals surface area contributed by atoms with Gasteiger partial charge in [0.2, 0.25) is 0 Å². The maximum absolute atomic E-state index is 11.6. The number of aromatic nitrogens is 1. The van der Waals surface area contributed by atoms with E-state index in [-0.39, 0.29) is 0 Å². The van der Waals surface area contributed by atoms with Gasteiger partial charge in [0.25, 0.3) is 0 Å². The lowest BCUT2D eigenvalue weighted by Crippen LogP contribution is -2.38. The lowest BCUT2D eigenvalue weighted by molar-refractivity contribution is -0.154. The molecule has 0 amide bonds. The molecule has 23 heavy (non-hydrogen) atoms. The van der Waals surface area contributed by atoms with Crippen molar-refractivity contribution in [2.45, 2.75) is 39.2 Å². The summed E-state index contributed by atoms with van der Waals surface area (Å²) in [6.45, 7) is 7.70. The standard InChI is InChI=1S/C16H26N4O3/c1-16(2,3)22-15(21)23-20-8-5-12(6-9-20)10-19-14-4-7-18-11-13(14)17/h4,7,11-12H,5-6,8-10,17H2,1-3H3,(H,18,19). The number of piperidine rings is 1. The van der Waals surface area contributed by atoms with Crippen molar-refractivity contribution in [3.8, 4) is 0 Å². The normalized spacial score (nSPS) is 16.8. The summed E-state index contributed by atoms with van der Waals surface area (Å²) in [5.74, 6) is 0.515. The Morgan fingerprint density at radius 3 is 2.74 bits per heavy atom.